The standard InChI is InChI=1S/C25H23ClN6O3/c1-14-11-28-23(29-14)17-10-19(26)30-21-18(12-27-20(17)21)22(33)25(35)32-9-8-31(13-15(32)2)24(34)16-6-4-3-5-7-16/h3-7,10-12,15,27H,8-9,13H2,1-2H3,(H,28,29)/t15-/m0/s1. The molecule has 10 heteroatoms. The lowest BCUT2D eigenvalue weighted by molar-refractivity contribution is -0.130. The molecule has 1 aliphatic rings. The van der Waals surface area contributed by atoms with Crippen molar-refractivity contribution in [1.82, 2.24) is 29.7 Å². The molecule has 2 N–H and O–H groups in total. The highest BCUT2D eigenvalue weighted by Gasteiger charge is 2.34. The van der Waals surface area contributed by atoms with Crippen molar-refractivity contribution in [2.75, 3.05) is 19.6 Å². The van der Waals surface area contributed by atoms with Crippen LogP contribution in [0.15, 0.2) is 48.8 Å². The minimum Gasteiger partial charge on any atom is -0.358 e. The molecule has 1 aliphatic heterocycles. The Morgan fingerprint density at radius 3 is 2.60 bits per heavy atom. The van der Waals surface area contributed by atoms with Crippen LogP contribution in [0.3, 0.4) is 0 Å². The lowest BCUT2D eigenvalue weighted by Crippen LogP contribution is -2.56. The molecule has 3 aromatic heterocycles. The molecule has 0 spiro atoms. The Morgan fingerprint density at radius 2 is 1.91 bits per heavy atom. The van der Waals surface area contributed by atoms with E-state index in [9.17, 15) is 14.4 Å². The third-order valence-electron chi connectivity index (χ3n) is 6.20. The Labute approximate surface area is 206 Å². The van der Waals surface area contributed by atoms with E-state index in [2.05, 4.69) is 19.9 Å². The minimum atomic E-state index is -0.678. The van der Waals surface area contributed by atoms with E-state index in [1.807, 2.05) is 32.0 Å². The van der Waals surface area contributed by atoms with Crippen molar-refractivity contribution in [3.63, 3.8) is 0 Å². The van der Waals surface area contributed by atoms with Crippen LogP contribution in [0.2, 0.25) is 5.15 Å². The van der Waals surface area contributed by atoms with Crippen molar-refractivity contribution in [2.24, 2.45) is 0 Å². The highest BCUT2D eigenvalue weighted by atomic mass is 35.5. The van der Waals surface area contributed by atoms with E-state index in [0.29, 0.717) is 41.1 Å². The summed E-state index contributed by atoms with van der Waals surface area (Å²) in [5.74, 6) is -0.825. The third-order valence-corrected chi connectivity index (χ3v) is 6.39. The van der Waals surface area contributed by atoms with Gasteiger partial charge in [0, 0.05) is 54.9 Å². The Kier molecular flexibility index (Phi) is 5.86. The van der Waals surface area contributed by atoms with E-state index in [0.717, 1.165) is 5.69 Å². The number of piperazine rings is 1. The molecule has 1 aromatic carbocycles. The number of aromatic nitrogens is 4. The lowest BCUT2D eigenvalue weighted by Gasteiger charge is -2.39. The molecule has 1 saturated heterocycles. The zero-order valence-electron chi connectivity index (χ0n) is 19.2. The molecule has 1 fully saturated rings. The molecule has 0 aliphatic carbocycles. The fraction of sp³-hybridized carbons (Fsp3) is 0.240. The summed E-state index contributed by atoms with van der Waals surface area (Å²) in [4.78, 5) is 57.4. The smallest absolute Gasteiger partial charge is 0.295 e. The van der Waals surface area contributed by atoms with Gasteiger partial charge in [-0.05, 0) is 32.0 Å². The molecule has 0 bridgehead atoms. The van der Waals surface area contributed by atoms with Crippen molar-refractivity contribution in [3.8, 4) is 11.4 Å². The van der Waals surface area contributed by atoms with Crippen LogP contribution in [0, 0.1) is 6.92 Å². The van der Waals surface area contributed by atoms with Crippen LogP contribution in [-0.2, 0) is 4.79 Å². The second kappa shape index (κ2) is 8.99. The average molecular weight is 491 g/mol. The molecule has 4 heterocycles. The van der Waals surface area contributed by atoms with Gasteiger partial charge in [0.15, 0.2) is 0 Å². The van der Waals surface area contributed by atoms with Crippen LogP contribution < -0.4 is 0 Å². The number of Topliss-reactive ketones (excluding diaryl/α,β-unsaturated/α-hetero) is 1. The second-order valence-corrected chi connectivity index (χ2v) is 9.01. The number of imidazole rings is 1. The first kappa shape index (κ1) is 22.8. The Balaban J connectivity index is 1.37. The number of carbonyl (C=O) groups is 3. The maximum atomic E-state index is 13.3. The molecule has 1 atom stereocenters. The zero-order valence-corrected chi connectivity index (χ0v) is 20.0. The van der Waals surface area contributed by atoms with Crippen LogP contribution in [0.25, 0.3) is 22.4 Å². The second-order valence-electron chi connectivity index (χ2n) is 8.63. The summed E-state index contributed by atoms with van der Waals surface area (Å²) in [6.07, 6.45) is 3.17. The molecule has 2 amide bonds. The molecule has 9 nitrogen and oxygen atoms in total. The summed E-state index contributed by atoms with van der Waals surface area (Å²) in [5.41, 5.74) is 3.14. The van der Waals surface area contributed by atoms with Crippen molar-refractivity contribution < 1.29 is 14.4 Å². The first-order chi connectivity index (χ1) is 16.8. The van der Waals surface area contributed by atoms with Crippen molar-refractivity contribution >= 4 is 40.2 Å². The van der Waals surface area contributed by atoms with E-state index in [1.165, 1.54) is 11.1 Å². The number of nitrogens with one attached hydrogen (secondary N) is 2. The Bertz CT molecular complexity index is 1440. The molecule has 178 valence electrons. The van der Waals surface area contributed by atoms with Crippen molar-refractivity contribution in [2.45, 2.75) is 19.9 Å². The van der Waals surface area contributed by atoms with Crippen molar-refractivity contribution in [3.05, 3.63) is 70.8 Å². The number of nitrogens with zero attached hydrogens (tertiary/aromatic N) is 4. The number of pyridine rings is 1. The molecule has 35 heavy (non-hydrogen) atoms. The first-order valence-electron chi connectivity index (χ1n) is 11.2. The number of fused-ring (bicyclic) bond motifs is 1. The third kappa shape index (κ3) is 4.19. The molecule has 0 saturated carbocycles. The SMILES string of the molecule is Cc1cnc(-c2cc(Cl)nc3c(C(=O)C(=O)N4CCN(C(=O)c5ccccc5)C[C@@H]4C)c[nH]c23)[nH]1. The average Bonchev–Trinajstić information content (AvgIpc) is 3.49. The van der Waals surface area contributed by atoms with Gasteiger partial charge >= 0.3 is 0 Å². The maximum absolute atomic E-state index is 13.3. The molecule has 0 unspecified atom stereocenters. The van der Waals surface area contributed by atoms with Crippen LogP contribution >= 0.6 is 11.6 Å². The fourth-order valence-corrected chi connectivity index (χ4v) is 4.62. The number of hydrogen-bond acceptors (Lipinski definition) is 5. The van der Waals surface area contributed by atoms with Gasteiger partial charge in [-0.3, -0.25) is 14.4 Å². The minimum absolute atomic E-state index is 0.0907. The predicted molar refractivity (Wildman–Crippen MR) is 131 cm³/mol. The van der Waals surface area contributed by atoms with E-state index in [-0.39, 0.29) is 29.2 Å². The van der Waals surface area contributed by atoms with Gasteiger partial charge < -0.3 is 19.8 Å². The largest absolute Gasteiger partial charge is 0.358 e. The fourth-order valence-electron chi connectivity index (χ4n) is 4.43. The molecular formula is C25H23ClN6O3. The topological polar surface area (TPSA) is 115 Å². The summed E-state index contributed by atoms with van der Waals surface area (Å²) in [5, 5.41) is 0.184. The summed E-state index contributed by atoms with van der Waals surface area (Å²) in [6, 6.07) is 10.3. The van der Waals surface area contributed by atoms with Gasteiger partial charge in [0.1, 0.15) is 16.5 Å². The highest BCUT2D eigenvalue weighted by molar-refractivity contribution is 6.45. The van der Waals surface area contributed by atoms with E-state index in [4.69, 9.17) is 11.6 Å². The zero-order chi connectivity index (χ0) is 24.7. The van der Waals surface area contributed by atoms with Gasteiger partial charge in [0.2, 0.25) is 0 Å². The van der Waals surface area contributed by atoms with Gasteiger partial charge in [-0.15, -0.1) is 0 Å². The summed E-state index contributed by atoms with van der Waals surface area (Å²) in [6.45, 7) is 4.66. The summed E-state index contributed by atoms with van der Waals surface area (Å²) >= 11 is 6.25. The number of amides is 2. The lowest BCUT2D eigenvalue weighted by atomic mass is 10.1. The first-order valence-corrected chi connectivity index (χ1v) is 11.6. The number of hydrogen-bond donors (Lipinski definition) is 2. The Hall–Kier alpha value is -3.98. The van der Waals surface area contributed by atoms with Crippen LogP contribution in [0.1, 0.15) is 33.3 Å². The van der Waals surface area contributed by atoms with E-state index < -0.39 is 11.7 Å². The maximum Gasteiger partial charge on any atom is 0.295 e. The summed E-state index contributed by atoms with van der Waals surface area (Å²) in [7, 11) is 0. The van der Waals surface area contributed by atoms with Crippen LogP contribution in [0.5, 0.6) is 0 Å². The number of ketones is 1. The predicted octanol–water partition coefficient (Wildman–Crippen LogP) is 3.47. The monoisotopic (exact) mass is 490 g/mol. The molecule has 5 rings (SSSR count). The molecular weight excluding hydrogens is 468 g/mol. The quantitative estimate of drug-likeness (QED) is 0.258. The van der Waals surface area contributed by atoms with Gasteiger partial charge in [0.25, 0.3) is 17.6 Å². The van der Waals surface area contributed by atoms with Gasteiger partial charge in [-0.1, -0.05) is 29.8 Å². The highest BCUT2D eigenvalue weighted by Crippen LogP contribution is 2.30. The number of halogens is 1. The van der Waals surface area contributed by atoms with Crippen molar-refractivity contribution in [1.29, 1.82) is 0 Å². The normalized spacial score (nSPS) is 16.0. The number of carbonyl (C=O) groups excluding carboxylic acids is 3. The van der Waals surface area contributed by atoms with Gasteiger partial charge in [0.05, 0.1) is 11.1 Å². The number of aromatic amines is 2. The van der Waals surface area contributed by atoms with Gasteiger partial charge in [-0.2, -0.15) is 0 Å². The van der Waals surface area contributed by atoms with Gasteiger partial charge in [-0.25, -0.2) is 9.97 Å². The summed E-state index contributed by atoms with van der Waals surface area (Å²) < 4.78 is 0. The molecule has 0 radical (unpaired) electrons. The van der Waals surface area contributed by atoms with Crippen LogP contribution in [0.4, 0.5) is 0 Å². The number of H-pyrrole nitrogens is 2. The van der Waals surface area contributed by atoms with E-state index >= 15 is 0 Å². The molecule has 4 aromatic rings. The number of rotatable bonds is 4. The van der Waals surface area contributed by atoms with Crippen LogP contribution in [-0.4, -0.2) is 73.0 Å². The Morgan fingerprint density at radius 1 is 1.14 bits per heavy atom. The van der Waals surface area contributed by atoms with E-state index in [1.54, 1.807) is 29.3 Å². The number of benzene rings is 1. The number of aryl methyl sites for hydroxylation is 1.